The molecule has 0 amide bonds. The van der Waals surface area contributed by atoms with Crippen molar-refractivity contribution in [2.45, 2.75) is 13.0 Å². The molecule has 2 N–H and O–H groups in total. The zero-order chi connectivity index (χ0) is 17.1. The zero-order valence-electron chi connectivity index (χ0n) is 14.9. The first-order valence-electron chi connectivity index (χ1n) is 7.93. The molecule has 0 spiro atoms. The smallest absolute Gasteiger partial charge is 0.191 e. The number of nitrogens with one attached hydrogen (secondary N) is 2. The van der Waals surface area contributed by atoms with Gasteiger partial charge in [-0.25, -0.2) is 0 Å². The van der Waals surface area contributed by atoms with E-state index >= 15 is 0 Å². The van der Waals surface area contributed by atoms with Crippen LogP contribution in [0.3, 0.4) is 0 Å². The highest BCUT2D eigenvalue weighted by molar-refractivity contribution is 7.98. The van der Waals surface area contributed by atoms with Crippen LogP contribution in [-0.4, -0.2) is 63.7 Å². The summed E-state index contributed by atoms with van der Waals surface area (Å²) in [5, 5.41) is 6.66. The minimum Gasteiger partial charge on any atom is -0.497 e. The highest BCUT2D eigenvalue weighted by Gasteiger charge is 2.14. The topological polar surface area (TPSA) is 48.9 Å². The Kier molecular flexibility index (Phi) is 9.55. The van der Waals surface area contributed by atoms with Gasteiger partial charge in [-0.2, -0.15) is 11.8 Å². The molecule has 1 aromatic carbocycles. The second-order valence-corrected chi connectivity index (χ2v) is 6.38. The third-order valence-electron chi connectivity index (χ3n) is 3.49. The van der Waals surface area contributed by atoms with Gasteiger partial charge in [0.05, 0.1) is 19.7 Å². The van der Waals surface area contributed by atoms with Crippen molar-refractivity contribution in [3.63, 3.8) is 0 Å². The Labute approximate surface area is 144 Å². The second-order valence-electron chi connectivity index (χ2n) is 5.39. The van der Waals surface area contributed by atoms with Gasteiger partial charge in [-0.1, -0.05) is 12.1 Å². The van der Waals surface area contributed by atoms with Gasteiger partial charge in [-0.05, 0) is 45.0 Å². The first kappa shape index (κ1) is 19.6. The SMILES string of the molecule is CCNC(=NCC(c1ccc(OC)cc1)N(C)C)NCCSC. The van der Waals surface area contributed by atoms with E-state index in [-0.39, 0.29) is 6.04 Å². The number of hydrogen-bond donors (Lipinski definition) is 2. The van der Waals surface area contributed by atoms with E-state index in [9.17, 15) is 0 Å². The van der Waals surface area contributed by atoms with Crippen LogP contribution in [0.5, 0.6) is 5.75 Å². The monoisotopic (exact) mass is 338 g/mol. The minimum atomic E-state index is 0.233. The number of thioether (sulfide) groups is 1. The van der Waals surface area contributed by atoms with Gasteiger partial charge in [0.1, 0.15) is 5.75 Å². The van der Waals surface area contributed by atoms with Crippen LogP contribution in [0.1, 0.15) is 18.5 Å². The fourth-order valence-corrected chi connectivity index (χ4v) is 2.49. The van der Waals surface area contributed by atoms with Crippen LogP contribution in [0.15, 0.2) is 29.3 Å². The lowest BCUT2D eigenvalue weighted by atomic mass is 10.1. The van der Waals surface area contributed by atoms with Crippen molar-refractivity contribution in [2.24, 2.45) is 4.99 Å². The van der Waals surface area contributed by atoms with E-state index in [1.54, 1.807) is 7.11 Å². The van der Waals surface area contributed by atoms with E-state index in [1.165, 1.54) is 5.56 Å². The lowest BCUT2D eigenvalue weighted by Gasteiger charge is -2.24. The maximum atomic E-state index is 5.23. The summed E-state index contributed by atoms with van der Waals surface area (Å²) >= 11 is 1.83. The molecule has 5 nitrogen and oxygen atoms in total. The zero-order valence-corrected chi connectivity index (χ0v) is 15.7. The molecule has 1 aromatic rings. The van der Waals surface area contributed by atoms with E-state index in [0.717, 1.165) is 30.6 Å². The molecule has 0 radical (unpaired) electrons. The molecule has 1 unspecified atom stereocenters. The lowest BCUT2D eigenvalue weighted by molar-refractivity contribution is 0.306. The van der Waals surface area contributed by atoms with Crippen molar-refractivity contribution in [2.75, 3.05) is 52.8 Å². The van der Waals surface area contributed by atoms with Crippen LogP contribution in [0.2, 0.25) is 0 Å². The van der Waals surface area contributed by atoms with Gasteiger partial charge in [0.2, 0.25) is 0 Å². The van der Waals surface area contributed by atoms with Crippen molar-refractivity contribution in [1.29, 1.82) is 0 Å². The minimum absolute atomic E-state index is 0.233. The molecule has 1 rings (SSSR count). The van der Waals surface area contributed by atoms with Crippen molar-refractivity contribution < 1.29 is 4.74 Å². The second kappa shape index (κ2) is 11.2. The van der Waals surface area contributed by atoms with E-state index in [2.05, 4.69) is 54.9 Å². The summed E-state index contributed by atoms with van der Waals surface area (Å²) < 4.78 is 5.23. The molecule has 0 heterocycles. The molecule has 0 aliphatic heterocycles. The number of ether oxygens (including phenoxy) is 1. The highest BCUT2D eigenvalue weighted by atomic mass is 32.2. The quantitative estimate of drug-likeness (QED) is 0.411. The maximum absolute atomic E-state index is 5.23. The van der Waals surface area contributed by atoms with Gasteiger partial charge in [0.25, 0.3) is 0 Å². The molecular weight excluding hydrogens is 308 g/mol. The molecule has 0 bridgehead atoms. The van der Waals surface area contributed by atoms with Crippen LogP contribution in [0.25, 0.3) is 0 Å². The molecular formula is C17H30N4OS. The molecule has 6 heteroatoms. The molecule has 0 fully saturated rings. The number of nitrogens with zero attached hydrogens (tertiary/aromatic N) is 2. The fraction of sp³-hybridized carbons (Fsp3) is 0.588. The molecule has 0 aromatic heterocycles. The van der Waals surface area contributed by atoms with E-state index in [4.69, 9.17) is 9.73 Å². The molecule has 23 heavy (non-hydrogen) atoms. The van der Waals surface area contributed by atoms with Gasteiger partial charge >= 0.3 is 0 Å². The Morgan fingerprint density at radius 2 is 1.96 bits per heavy atom. The summed E-state index contributed by atoms with van der Waals surface area (Å²) in [4.78, 5) is 6.93. The molecule has 130 valence electrons. The Morgan fingerprint density at radius 1 is 1.26 bits per heavy atom. The van der Waals surface area contributed by atoms with E-state index < -0.39 is 0 Å². The Bertz CT molecular complexity index is 462. The normalized spacial score (nSPS) is 13.0. The molecule has 0 aliphatic carbocycles. The van der Waals surface area contributed by atoms with Crippen molar-refractivity contribution >= 4 is 17.7 Å². The third kappa shape index (κ3) is 7.14. The van der Waals surface area contributed by atoms with Crippen LogP contribution in [0.4, 0.5) is 0 Å². The van der Waals surface area contributed by atoms with Gasteiger partial charge in [0.15, 0.2) is 5.96 Å². The number of benzene rings is 1. The number of likely N-dealkylation sites (N-methyl/N-ethyl adjacent to an activating group) is 1. The standard InChI is InChI=1S/C17H30N4OS/c1-6-18-17(19-11-12-23-5)20-13-16(21(2)3)14-7-9-15(22-4)10-8-14/h7-10,16H,6,11-13H2,1-5H3,(H2,18,19,20). The first-order chi connectivity index (χ1) is 11.1. The summed E-state index contributed by atoms with van der Waals surface area (Å²) in [5.74, 6) is 2.82. The van der Waals surface area contributed by atoms with Gasteiger partial charge in [0, 0.05) is 18.8 Å². The number of methoxy groups -OCH3 is 1. The fourth-order valence-electron chi connectivity index (χ4n) is 2.18. The number of rotatable bonds is 9. The molecule has 0 aliphatic rings. The van der Waals surface area contributed by atoms with Gasteiger partial charge < -0.3 is 20.3 Å². The number of aliphatic imine (C=N–C) groups is 1. The predicted molar refractivity (Wildman–Crippen MR) is 102 cm³/mol. The van der Waals surface area contributed by atoms with Crippen LogP contribution in [0, 0.1) is 0 Å². The molecule has 0 saturated carbocycles. The Morgan fingerprint density at radius 3 is 2.48 bits per heavy atom. The number of guanidine groups is 1. The Balaban J connectivity index is 2.77. The van der Waals surface area contributed by atoms with Crippen molar-refractivity contribution in [3.05, 3.63) is 29.8 Å². The van der Waals surface area contributed by atoms with Gasteiger partial charge in [-0.15, -0.1) is 0 Å². The summed E-state index contributed by atoms with van der Waals surface area (Å²) in [6, 6.07) is 8.44. The number of hydrogen-bond acceptors (Lipinski definition) is 4. The maximum Gasteiger partial charge on any atom is 0.191 e. The van der Waals surface area contributed by atoms with Crippen LogP contribution in [-0.2, 0) is 0 Å². The average Bonchev–Trinajstić information content (AvgIpc) is 2.55. The third-order valence-corrected chi connectivity index (χ3v) is 4.10. The predicted octanol–water partition coefficient (Wildman–Crippen LogP) is 2.22. The Hall–Kier alpha value is -1.40. The van der Waals surface area contributed by atoms with E-state index in [0.29, 0.717) is 6.54 Å². The summed E-state index contributed by atoms with van der Waals surface area (Å²) in [6.45, 7) is 4.56. The molecule has 1 atom stereocenters. The van der Waals surface area contributed by atoms with Gasteiger partial charge in [-0.3, -0.25) is 4.99 Å². The molecule has 0 saturated heterocycles. The summed E-state index contributed by atoms with van der Waals surface area (Å²) in [7, 11) is 5.85. The van der Waals surface area contributed by atoms with Crippen molar-refractivity contribution in [3.8, 4) is 5.75 Å². The summed E-state index contributed by atoms with van der Waals surface area (Å²) in [5.41, 5.74) is 1.24. The largest absolute Gasteiger partial charge is 0.497 e. The summed E-state index contributed by atoms with van der Waals surface area (Å²) in [6.07, 6.45) is 2.11. The average molecular weight is 339 g/mol. The first-order valence-corrected chi connectivity index (χ1v) is 9.33. The van der Waals surface area contributed by atoms with E-state index in [1.807, 2.05) is 23.9 Å². The highest BCUT2D eigenvalue weighted by Crippen LogP contribution is 2.21. The van der Waals surface area contributed by atoms with Crippen LogP contribution >= 0.6 is 11.8 Å². The van der Waals surface area contributed by atoms with Crippen LogP contribution < -0.4 is 15.4 Å². The lowest BCUT2D eigenvalue weighted by Crippen LogP contribution is -2.39. The van der Waals surface area contributed by atoms with Crippen molar-refractivity contribution in [1.82, 2.24) is 15.5 Å².